The van der Waals surface area contributed by atoms with Gasteiger partial charge in [-0.1, -0.05) is 23.4 Å². The molecule has 0 unspecified atom stereocenters. The Morgan fingerprint density at radius 3 is 2.90 bits per heavy atom. The number of amides is 1. The van der Waals surface area contributed by atoms with Crippen molar-refractivity contribution in [1.29, 1.82) is 0 Å². The molecule has 2 N–H and O–H groups in total. The van der Waals surface area contributed by atoms with E-state index in [0.29, 0.717) is 21.8 Å². The third-order valence-electron chi connectivity index (χ3n) is 2.36. The van der Waals surface area contributed by atoms with Gasteiger partial charge in [0.1, 0.15) is 6.61 Å². The van der Waals surface area contributed by atoms with Crippen molar-refractivity contribution < 1.29 is 9.90 Å². The van der Waals surface area contributed by atoms with Gasteiger partial charge in [-0.2, -0.15) is 0 Å². The lowest BCUT2D eigenvalue weighted by atomic mass is 10.2. The number of hydrogen-bond donors (Lipinski definition) is 2. The number of halogens is 2. The molecule has 2 aromatic rings. The zero-order valence-corrected chi connectivity index (χ0v) is 13.3. The van der Waals surface area contributed by atoms with Crippen molar-refractivity contribution in [1.82, 2.24) is 0 Å². The summed E-state index contributed by atoms with van der Waals surface area (Å²) in [5, 5.41) is 13.6. The molecule has 0 fully saturated rings. The number of hydrogen-bond acceptors (Lipinski definition) is 3. The number of rotatable bonds is 2. The molecule has 1 amide bonds. The molecule has 0 aliphatic heterocycles. The minimum Gasteiger partial charge on any atom is -0.384 e. The average Bonchev–Trinajstić information content (AvgIpc) is 2.86. The fraction of sp³-hybridized carbons (Fsp3) is 0.0714. The van der Waals surface area contributed by atoms with Crippen LogP contribution in [0.4, 0.5) is 5.69 Å². The normalized spacial score (nSPS) is 9.75. The highest BCUT2D eigenvalue weighted by Gasteiger charge is 2.10. The third-order valence-corrected chi connectivity index (χ3v) is 4.19. The van der Waals surface area contributed by atoms with Crippen LogP contribution in [0.3, 0.4) is 0 Å². The molecule has 1 heterocycles. The minimum absolute atomic E-state index is 0.215. The molecular formula is C14H9BrClNO2S. The Labute approximate surface area is 133 Å². The minimum atomic E-state index is -0.235. The SMILES string of the molecule is O=C(Nc1cc(C#CCO)ccc1Cl)c1csc(Br)c1. The van der Waals surface area contributed by atoms with Crippen LogP contribution in [0.15, 0.2) is 33.4 Å². The van der Waals surface area contributed by atoms with E-state index in [1.165, 1.54) is 11.3 Å². The van der Waals surface area contributed by atoms with Gasteiger partial charge in [0.15, 0.2) is 0 Å². The summed E-state index contributed by atoms with van der Waals surface area (Å²) in [6, 6.07) is 6.79. The fourth-order valence-corrected chi connectivity index (χ4v) is 2.77. The summed E-state index contributed by atoms with van der Waals surface area (Å²) in [6.45, 7) is -0.215. The maximum absolute atomic E-state index is 12.0. The summed E-state index contributed by atoms with van der Waals surface area (Å²) in [4.78, 5) is 12.0. The summed E-state index contributed by atoms with van der Waals surface area (Å²) < 4.78 is 0.885. The third kappa shape index (κ3) is 3.84. The van der Waals surface area contributed by atoms with Gasteiger partial charge in [-0.05, 0) is 40.2 Å². The van der Waals surface area contributed by atoms with Crippen LogP contribution in [0.1, 0.15) is 15.9 Å². The lowest BCUT2D eigenvalue weighted by molar-refractivity contribution is 0.102. The van der Waals surface area contributed by atoms with Crippen molar-refractivity contribution in [2.45, 2.75) is 0 Å². The van der Waals surface area contributed by atoms with Crippen LogP contribution in [0.2, 0.25) is 5.02 Å². The van der Waals surface area contributed by atoms with Gasteiger partial charge < -0.3 is 10.4 Å². The molecule has 0 spiro atoms. The maximum atomic E-state index is 12.0. The lowest BCUT2D eigenvalue weighted by Gasteiger charge is -2.06. The van der Waals surface area contributed by atoms with E-state index < -0.39 is 0 Å². The second-order valence-corrected chi connectivity index (χ2v) is 6.45. The van der Waals surface area contributed by atoms with Crippen molar-refractivity contribution in [3.05, 3.63) is 49.6 Å². The highest BCUT2D eigenvalue weighted by molar-refractivity contribution is 9.11. The zero-order valence-electron chi connectivity index (χ0n) is 10.1. The van der Waals surface area contributed by atoms with Gasteiger partial charge in [0.25, 0.3) is 5.91 Å². The van der Waals surface area contributed by atoms with Gasteiger partial charge in [0, 0.05) is 10.9 Å². The van der Waals surface area contributed by atoms with Crippen LogP contribution in [0, 0.1) is 11.8 Å². The van der Waals surface area contributed by atoms with Crippen LogP contribution < -0.4 is 5.32 Å². The van der Waals surface area contributed by atoms with Crippen molar-refractivity contribution in [3.8, 4) is 11.8 Å². The van der Waals surface area contributed by atoms with Gasteiger partial charge in [0.05, 0.1) is 20.1 Å². The predicted octanol–water partition coefficient (Wildman–Crippen LogP) is 3.76. The van der Waals surface area contributed by atoms with Crippen LogP contribution >= 0.6 is 38.9 Å². The molecule has 0 bridgehead atoms. The smallest absolute Gasteiger partial charge is 0.256 e. The number of benzene rings is 1. The molecule has 1 aromatic carbocycles. The van der Waals surface area contributed by atoms with Gasteiger partial charge in [-0.15, -0.1) is 11.3 Å². The van der Waals surface area contributed by atoms with Crippen molar-refractivity contribution in [2.75, 3.05) is 11.9 Å². The topological polar surface area (TPSA) is 49.3 Å². The first-order chi connectivity index (χ1) is 9.60. The zero-order chi connectivity index (χ0) is 14.5. The highest BCUT2D eigenvalue weighted by Crippen LogP contribution is 2.25. The molecule has 0 radical (unpaired) electrons. The Bertz CT molecular complexity index is 703. The van der Waals surface area contributed by atoms with Crippen molar-refractivity contribution >= 4 is 50.5 Å². The standard InChI is InChI=1S/C14H9BrClNO2S/c15-13-7-10(8-20-13)14(19)17-12-6-9(2-1-5-18)3-4-11(12)16/h3-4,6-8,18H,5H2,(H,17,19). The van der Waals surface area contributed by atoms with E-state index in [-0.39, 0.29) is 12.5 Å². The number of nitrogens with one attached hydrogen (secondary N) is 1. The summed E-state index contributed by atoms with van der Waals surface area (Å²) in [5.74, 6) is 5.07. The van der Waals surface area contributed by atoms with E-state index in [0.717, 1.165) is 3.79 Å². The summed E-state index contributed by atoms with van der Waals surface area (Å²) in [6.07, 6.45) is 0. The summed E-state index contributed by atoms with van der Waals surface area (Å²) in [7, 11) is 0. The predicted molar refractivity (Wildman–Crippen MR) is 85.4 cm³/mol. The van der Waals surface area contributed by atoms with Crippen molar-refractivity contribution in [2.24, 2.45) is 0 Å². The fourth-order valence-electron chi connectivity index (χ4n) is 1.46. The van der Waals surface area contributed by atoms with E-state index in [9.17, 15) is 4.79 Å². The van der Waals surface area contributed by atoms with Gasteiger partial charge in [-0.25, -0.2) is 0 Å². The molecule has 1 aromatic heterocycles. The Balaban J connectivity index is 2.22. The van der Waals surface area contributed by atoms with Crippen LogP contribution in [0.5, 0.6) is 0 Å². The quantitative estimate of drug-likeness (QED) is 0.791. The van der Waals surface area contributed by atoms with Gasteiger partial charge in [0.2, 0.25) is 0 Å². The number of aliphatic hydroxyl groups is 1. The number of thiophene rings is 1. The Morgan fingerprint density at radius 2 is 2.25 bits per heavy atom. The summed E-state index contributed by atoms with van der Waals surface area (Å²) in [5.41, 5.74) is 1.72. The Kier molecular flexibility index (Phi) is 5.21. The molecule has 0 aliphatic carbocycles. The monoisotopic (exact) mass is 369 g/mol. The van der Waals surface area contributed by atoms with Crippen LogP contribution in [-0.2, 0) is 0 Å². The average molecular weight is 371 g/mol. The second-order valence-electron chi connectivity index (χ2n) is 3.75. The van der Waals surface area contributed by atoms with E-state index in [2.05, 4.69) is 33.1 Å². The molecule has 0 aliphatic rings. The summed E-state index contributed by atoms with van der Waals surface area (Å²) >= 11 is 10.8. The van der Waals surface area contributed by atoms with E-state index >= 15 is 0 Å². The Hall–Kier alpha value is -1.32. The first-order valence-electron chi connectivity index (χ1n) is 5.55. The number of carbonyl (C=O) groups is 1. The molecular weight excluding hydrogens is 362 g/mol. The first kappa shape index (κ1) is 15.1. The molecule has 0 saturated carbocycles. The molecule has 0 atom stereocenters. The number of carbonyl (C=O) groups excluding carboxylic acids is 1. The highest BCUT2D eigenvalue weighted by atomic mass is 79.9. The van der Waals surface area contributed by atoms with Crippen LogP contribution in [0.25, 0.3) is 0 Å². The van der Waals surface area contributed by atoms with E-state index in [1.54, 1.807) is 29.6 Å². The van der Waals surface area contributed by atoms with Crippen LogP contribution in [-0.4, -0.2) is 17.6 Å². The molecule has 6 heteroatoms. The molecule has 0 saturated heterocycles. The molecule has 20 heavy (non-hydrogen) atoms. The molecule has 2 rings (SSSR count). The lowest BCUT2D eigenvalue weighted by Crippen LogP contribution is -2.11. The largest absolute Gasteiger partial charge is 0.384 e. The molecule has 3 nitrogen and oxygen atoms in total. The number of aliphatic hydroxyl groups excluding tert-OH is 1. The second kappa shape index (κ2) is 6.91. The number of anilines is 1. The Morgan fingerprint density at radius 1 is 1.45 bits per heavy atom. The van der Waals surface area contributed by atoms with Gasteiger partial charge in [-0.3, -0.25) is 4.79 Å². The maximum Gasteiger partial charge on any atom is 0.256 e. The van der Waals surface area contributed by atoms with E-state index in [4.69, 9.17) is 16.7 Å². The molecule has 102 valence electrons. The van der Waals surface area contributed by atoms with E-state index in [1.807, 2.05) is 0 Å². The van der Waals surface area contributed by atoms with Gasteiger partial charge >= 0.3 is 0 Å². The first-order valence-corrected chi connectivity index (χ1v) is 7.60. The van der Waals surface area contributed by atoms with Crippen molar-refractivity contribution in [3.63, 3.8) is 0 Å².